The van der Waals surface area contributed by atoms with Crippen LogP contribution in [0.15, 0.2) is 35.8 Å². The summed E-state index contributed by atoms with van der Waals surface area (Å²) >= 11 is 1.40. The number of pyridine rings is 1. The van der Waals surface area contributed by atoms with E-state index in [0.717, 1.165) is 83.7 Å². The number of aromatic nitrogens is 3. The molecule has 11 rings (SSSR count). The second kappa shape index (κ2) is 21.6. The van der Waals surface area contributed by atoms with E-state index in [1.807, 2.05) is 23.4 Å². The second-order valence-corrected chi connectivity index (χ2v) is 22.8. The molecule has 4 aromatic rings. The number of halogens is 1. The van der Waals surface area contributed by atoms with E-state index in [-0.39, 0.29) is 25.4 Å². The van der Waals surface area contributed by atoms with Crippen LogP contribution in [0.4, 0.5) is 10.1 Å². The van der Waals surface area contributed by atoms with Gasteiger partial charge in [0.2, 0.25) is 5.91 Å². The molecule has 394 valence electrons. The highest BCUT2D eigenvalue weighted by Crippen LogP contribution is 2.44. The predicted molar refractivity (Wildman–Crippen MR) is 275 cm³/mol. The number of amides is 2. The molecule has 1 aromatic carbocycles. The quantitative estimate of drug-likeness (QED) is 0.159. The summed E-state index contributed by atoms with van der Waals surface area (Å²) in [6.07, 6.45) is 6.62. The number of piperazine rings is 1. The number of nitrogens with zero attached hydrogens (tertiary/aromatic N) is 7. The van der Waals surface area contributed by atoms with Crippen molar-refractivity contribution in [3.05, 3.63) is 52.1 Å². The molecule has 7 aliphatic rings. The minimum atomic E-state index is -1.16. The molecule has 1 aliphatic carbocycles. The number of ether oxygens (including phenoxy) is 5. The second-order valence-electron chi connectivity index (χ2n) is 21.9. The molecule has 73 heavy (non-hydrogen) atoms. The first-order chi connectivity index (χ1) is 35.4. The smallest absolute Gasteiger partial charge is 0.324 e. The monoisotopic (exact) mass is 1030 g/mol. The molecule has 6 bridgehead atoms. The van der Waals surface area contributed by atoms with Crippen molar-refractivity contribution in [2.45, 2.75) is 134 Å². The van der Waals surface area contributed by atoms with Crippen LogP contribution in [-0.4, -0.2) is 170 Å². The summed E-state index contributed by atoms with van der Waals surface area (Å²) in [6.45, 7) is 13.9. The number of methoxy groups -OCH3 is 1. The molecule has 0 unspecified atom stereocenters. The van der Waals surface area contributed by atoms with E-state index in [2.05, 4.69) is 63.2 Å². The molecule has 0 radical (unpaired) electrons. The van der Waals surface area contributed by atoms with Crippen LogP contribution in [0.3, 0.4) is 0 Å². The summed E-state index contributed by atoms with van der Waals surface area (Å²) in [5.41, 5.74) is 10.2. The number of fused-ring (bicyclic) bond motifs is 6. The largest absolute Gasteiger partial charge is 0.464 e. The Bertz CT molecular complexity index is 2640. The highest BCUT2D eigenvalue weighted by atomic mass is 32.1. The van der Waals surface area contributed by atoms with E-state index in [1.54, 1.807) is 7.11 Å². The van der Waals surface area contributed by atoms with Gasteiger partial charge in [-0.25, -0.2) is 14.8 Å². The van der Waals surface area contributed by atoms with Crippen LogP contribution in [-0.2, 0) is 51.0 Å². The number of alkyl halides is 1. The molecule has 6 aliphatic heterocycles. The Labute approximate surface area is 431 Å². The average Bonchev–Trinajstić information content (AvgIpc) is 3.86. The van der Waals surface area contributed by atoms with Crippen molar-refractivity contribution in [3.8, 4) is 22.5 Å². The van der Waals surface area contributed by atoms with Crippen molar-refractivity contribution in [2.75, 3.05) is 90.9 Å². The molecular weight excluding hydrogens is 954 g/mol. The lowest BCUT2D eigenvalue weighted by Gasteiger charge is -2.39. The first-order valence-corrected chi connectivity index (χ1v) is 27.7. The van der Waals surface area contributed by atoms with Gasteiger partial charge in [0.15, 0.2) is 0 Å². The molecule has 3 aromatic heterocycles. The van der Waals surface area contributed by atoms with Crippen LogP contribution in [0.5, 0.6) is 0 Å². The summed E-state index contributed by atoms with van der Waals surface area (Å²) < 4.78 is 48.0. The maximum Gasteiger partial charge on any atom is 0.324 e. The fraction of sp³-hybridized carbons (Fsp3) is 0.648. The Balaban J connectivity index is 1.07. The van der Waals surface area contributed by atoms with Crippen molar-refractivity contribution in [1.82, 2.24) is 40.1 Å². The molecule has 5 saturated heterocycles. The number of nitrogens with one attached hydrogen (secondary N) is 2. The number of hydrazine groups is 1. The lowest BCUT2D eigenvalue weighted by molar-refractivity contribution is -0.157. The number of benzene rings is 1. The highest BCUT2D eigenvalue weighted by Gasteiger charge is 2.45. The maximum absolute atomic E-state index is 15.3. The molecule has 6 atom stereocenters. The first kappa shape index (κ1) is 50.6. The van der Waals surface area contributed by atoms with Gasteiger partial charge in [0, 0.05) is 118 Å². The first-order valence-electron chi connectivity index (χ1n) is 26.8. The third-order valence-corrected chi connectivity index (χ3v) is 17.1. The number of hydrogen-bond donors (Lipinski definition) is 2. The predicted octanol–water partition coefficient (Wildman–Crippen LogP) is 5.99. The van der Waals surface area contributed by atoms with E-state index in [9.17, 15) is 14.4 Å². The summed E-state index contributed by atoms with van der Waals surface area (Å²) in [6, 6.07) is 6.74. The van der Waals surface area contributed by atoms with Gasteiger partial charge in [-0.15, -0.1) is 11.3 Å². The number of anilines is 1. The molecule has 19 heteroatoms. The van der Waals surface area contributed by atoms with E-state index in [4.69, 9.17) is 33.7 Å². The van der Waals surface area contributed by atoms with Crippen molar-refractivity contribution >= 4 is 45.7 Å². The van der Waals surface area contributed by atoms with Crippen LogP contribution in [0.2, 0.25) is 0 Å². The summed E-state index contributed by atoms with van der Waals surface area (Å²) in [4.78, 5) is 60.6. The maximum atomic E-state index is 15.3. The molecular formula is C54H72FN9O8S. The van der Waals surface area contributed by atoms with Crippen LogP contribution in [0, 0.1) is 5.41 Å². The van der Waals surface area contributed by atoms with Gasteiger partial charge in [-0.1, -0.05) is 19.9 Å². The minimum Gasteiger partial charge on any atom is -0.464 e. The fourth-order valence-electron chi connectivity index (χ4n) is 11.7. The normalized spacial score (nSPS) is 27.2. The molecule has 6 fully saturated rings. The zero-order chi connectivity index (χ0) is 50.4. The van der Waals surface area contributed by atoms with Crippen molar-refractivity contribution < 1.29 is 42.5 Å². The standard InChI is InChI=1S/C54H72FN9O8S/c1-33(68-4)46-40(27-37(29-56-46)61-19-17-60(18-20-61)36-8-9-36)48-41-28-54(2,3)32-72-53(67)42-6-5-15-64(59-42)52(66)47(58-50(65)45-14-24-71-45)49(62-16-11-35(55)30-62)51-57-43(31-73-51)34-7-10-44(39(41)26-34)63(48)21-25-70-38-12-22-69-23-13-38/h7,10,26-27,29,31,33,35-36,38,42,45,47,49,59H,5-6,8-9,11-25,28,30,32H2,1-4H3,(H,58,65)/t33-,35-,42-,45-,47-,49-/m0/s1. The van der Waals surface area contributed by atoms with E-state index in [1.165, 1.54) is 29.2 Å². The fourth-order valence-corrected chi connectivity index (χ4v) is 12.7. The van der Waals surface area contributed by atoms with Crippen molar-refractivity contribution in [1.29, 1.82) is 0 Å². The molecule has 1 saturated carbocycles. The van der Waals surface area contributed by atoms with Gasteiger partial charge in [0.25, 0.3) is 5.91 Å². The van der Waals surface area contributed by atoms with Gasteiger partial charge in [-0.3, -0.25) is 34.2 Å². The van der Waals surface area contributed by atoms with Gasteiger partial charge in [0.1, 0.15) is 29.4 Å². The Morgan fingerprint density at radius 1 is 1.00 bits per heavy atom. The third-order valence-electron chi connectivity index (χ3n) is 16.1. The summed E-state index contributed by atoms with van der Waals surface area (Å²) in [5, 5.41) is 8.08. The minimum absolute atomic E-state index is 0.0809. The van der Waals surface area contributed by atoms with E-state index < -0.39 is 53.6 Å². The van der Waals surface area contributed by atoms with Crippen LogP contribution in [0.1, 0.15) is 101 Å². The van der Waals surface area contributed by atoms with Crippen LogP contribution in [0.25, 0.3) is 33.4 Å². The Kier molecular flexibility index (Phi) is 14.9. The SMILES string of the molecule is CO[C@@H](C)c1ncc(N2CCN(C3CC3)CC2)cc1-c1c2c3cc(ccc3n1CCOC1CCOCC1)-c1csc(n1)[C@@H](N1CC[C@H](F)C1)[C@H](NC(=O)[C@@H]1CCO1)C(=O)N1CCC[C@H](N1)C(=O)OCC(C)(C)C2. The Hall–Kier alpha value is -4.60. The summed E-state index contributed by atoms with van der Waals surface area (Å²) in [5.74, 6) is -1.30. The van der Waals surface area contributed by atoms with Crippen LogP contribution < -0.4 is 15.6 Å². The highest BCUT2D eigenvalue weighted by molar-refractivity contribution is 7.10. The zero-order valence-corrected chi connectivity index (χ0v) is 43.6. The van der Waals surface area contributed by atoms with Crippen LogP contribution >= 0.6 is 11.3 Å². The number of carbonyl (C=O) groups is 3. The Morgan fingerprint density at radius 3 is 2.53 bits per heavy atom. The molecule has 0 spiro atoms. The van der Waals surface area contributed by atoms with Gasteiger partial charge in [-0.2, -0.15) is 0 Å². The summed E-state index contributed by atoms with van der Waals surface area (Å²) in [7, 11) is 1.73. The molecule has 2 N–H and O–H groups in total. The number of carbonyl (C=O) groups excluding carboxylic acids is 3. The number of thiazole rings is 1. The third kappa shape index (κ3) is 10.8. The van der Waals surface area contributed by atoms with Crippen molar-refractivity contribution in [3.63, 3.8) is 0 Å². The van der Waals surface area contributed by atoms with Gasteiger partial charge in [0.05, 0.1) is 67.0 Å². The molecule has 17 nitrogen and oxygen atoms in total. The average molecular weight is 1030 g/mol. The number of rotatable bonds is 12. The van der Waals surface area contributed by atoms with Crippen molar-refractivity contribution in [2.24, 2.45) is 5.41 Å². The molecule has 2 amide bonds. The number of likely N-dealkylation sites (tertiary alicyclic amines) is 1. The van der Waals surface area contributed by atoms with Gasteiger partial charge in [-0.05, 0) is 82.1 Å². The lowest BCUT2D eigenvalue weighted by Crippen LogP contribution is -2.63. The number of hydrogen-bond acceptors (Lipinski definition) is 15. The Morgan fingerprint density at radius 2 is 1.81 bits per heavy atom. The van der Waals surface area contributed by atoms with E-state index in [0.29, 0.717) is 94.9 Å². The van der Waals surface area contributed by atoms with E-state index >= 15 is 4.39 Å². The number of esters is 1. The molecule has 9 heterocycles. The van der Waals surface area contributed by atoms with Gasteiger partial charge >= 0.3 is 5.97 Å². The topological polar surface area (TPSA) is 165 Å². The lowest BCUT2D eigenvalue weighted by atomic mass is 9.84. The zero-order valence-electron chi connectivity index (χ0n) is 42.8. The van der Waals surface area contributed by atoms with Gasteiger partial charge < -0.3 is 38.5 Å². The number of cyclic esters (lactones) is 1.